The predicted molar refractivity (Wildman–Crippen MR) is 66.3 cm³/mol. The molecule has 0 N–H and O–H groups in total. The number of amides is 1. The largest absolute Gasteiger partial charge is 0.465 e. The maximum atomic E-state index is 11.6. The lowest BCUT2D eigenvalue weighted by atomic mass is 10.2. The molecule has 18 heavy (non-hydrogen) atoms. The summed E-state index contributed by atoms with van der Waals surface area (Å²) in [6, 6.07) is -0.255. The second-order valence-electron chi connectivity index (χ2n) is 4.15. The van der Waals surface area contributed by atoms with E-state index in [1.54, 1.807) is 18.7 Å². The first-order valence-electron chi connectivity index (χ1n) is 6.42. The molecular weight excluding hydrogens is 236 g/mol. The van der Waals surface area contributed by atoms with Gasteiger partial charge in [-0.3, -0.25) is 9.69 Å². The summed E-state index contributed by atoms with van der Waals surface area (Å²) in [5, 5.41) is 0. The van der Waals surface area contributed by atoms with E-state index in [0.717, 1.165) is 0 Å². The van der Waals surface area contributed by atoms with Gasteiger partial charge in [0.05, 0.1) is 13.2 Å². The summed E-state index contributed by atoms with van der Waals surface area (Å²) in [5.41, 5.74) is 0. The van der Waals surface area contributed by atoms with Crippen LogP contribution < -0.4 is 0 Å². The van der Waals surface area contributed by atoms with Crippen molar-refractivity contribution < 1.29 is 19.1 Å². The minimum absolute atomic E-state index is 0.206. The lowest BCUT2D eigenvalue weighted by molar-refractivity contribution is -0.149. The SMILES string of the molecule is CCOC(=O)[C@@H](C)N1CCN(C(=O)OCC)CC1. The Balaban J connectivity index is 2.39. The summed E-state index contributed by atoms with van der Waals surface area (Å²) in [6.45, 7) is 8.70. The highest BCUT2D eigenvalue weighted by atomic mass is 16.6. The zero-order valence-electron chi connectivity index (χ0n) is 11.3. The van der Waals surface area contributed by atoms with Crippen LogP contribution in [0, 0.1) is 0 Å². The first-order chi connectivity index (χ1) is 8.60. The summed E-state index contributed by atoms with van der Waals surface area (Å²) in [7, 11) is 0. The molecule has 6 nitrogen and oxygen atoms in total. The molecule has 1 aliphatic heterocycles. The number of ether oxygens (including phenoxy) is 2. The minimum Gasteiger partial charge on any atom is -0.465 e. The van der Waals surface area contributed by atoms with E-state index in [1.165, 1.54) is 0 Å². The second kappa shape index (κ2) is 7.20. The van der Waals surface area contributed by atoms with Crippen LogP contribution in [0.5, 0.6) is 0 Å². The molecule has 1 rings (SSSR count). The molecule has 0 bridgehead atoms. The monoisotopic (exact) mass is 258 g/mol. The fourth-order valence-electron chi connectivity index (χ4n) is 1.92. The van der Waals surface area contributed by atoms with Gasteiger partial charge in [-0.05, 0) is 20.8 Å². The van der Waals surface area contributed by atoms with Gasteiger partial charge in [0.2, 0.25) is 0 Å². The fourth-order valence-corrected chi connectivity index (χ4v) is 1.92. The molecule has 1 amide bonds. The van der Waals surface area contributed by atoms with Crippen LogP contribution in [0.15, 0.2) is 0 Å². The van der Waals surface area contributed by atoms with E-state index in [9.17, 15) is 9.59 Å². The molecule has 0 spiro atoms. The van der Waals surface area contributed by atoms with Gasteiger partial charge in [-0.15, -0.1) is 0 Å². The molecule has 6 heteroatoms. The summed E-state index contributed by atoms with van der Waals surface area (Å²) >= 11 is 0. The highest BCUT2D eigenvalue weighted by molar-refractivity contribution is 5.75. The Morgan fingerprint density at radius 1 is 1.06 bits per heavy atom. The molecular formula is C12H22N2O4. The zero-order chi connectivity index (χ0) is 13.5. The average Bonchev–Trinajstić information content (AvgIpc) is 2.38. The highest BCUT2D eigenvalue weighted by Crippen LogP contribution is 2.08. The van der Waals surface area contributed by atoms with Crippen LogP contribution in [0.1, 0.15) is 20.8 Å². The molecule has 0 aliphatic carbocycles. The number of esters is 1. The number of carbonyl (C=O) groups is 2. The first kappa shape index (κ1) is 14.8. The minimum atomic E-state index is -0.277. The summed E-state index contributed by atoms with van der Waals surface area (Å²) in [5.74, 6) is -0.206. The third-order valence-corrected chi connectivity index (χ3v) is 3.02. The maximum absolute atomic E-state index is 11.6. The van der Waals surface area contributed by atoms with Crippen LogP contribution >= 0.6 is 0 Å². The van der Waals surface area contributed by atoms with Crippen molar-refractivity contribution in [2.75, 3.05) is 39.4 Å². The highest BCUT2D eigenvalue weighted by Gasteiger charge is 2.28. The quantitative estimate of drug-likeness (QED) is 0.695. The predicted octanol–water partition coefficient (Wildman–Crippen LogP) is 0.712. The molecule has 1 saturated heterocycles. The smallest absolute Gasteiger partial charge is 0.409 e. The van der Waals surface area contributed by atoms with Crippen LogP contribution in [-0.4, -0.2) is 67.3 Å². The van der Waals surface area contributed by atoms with E-state index >= 15 is 0 Å². The lowest BCUT2D eigenvalue weighted by Gasteiger charge is -2.36. The van der Waals surface area contributed by atoms with E-state index in [4.69, 9.17) is 9.47 Å². The fraction of sp³-hybridized carbons (Fsp3) is 0.833. The van der Waals surface area contributed by atoms with Crippen LogP contribution in [0.25, 0.3) is 0 Å². The average molecular weight is 258 g/mol. The summed E-state index contributed by atoms with van der Waals surface area (Å²) in [6.07, 6.45) is -0.277. The van der Waals surface area contributed by atoms with Crippen molar-refractivity contribution in [3.05, 3.63) is 0 Å². The third kappa shape index (κ3) is 3.87. The number of carbonyl (C=O) groups excluding carboxylic acids is 2. The van der Waals surface area contributed by atoms with Gasteiger partial charge < -0.3 is 14.4 Å². The molecule has 1 heterocycles. The van der Waals surface area contributed by atoms with E-state index in [0.29, 0.717) is 39.4 Å². The molecule has 0 aromatic rings. The van der Waals surface area contributed by atoms with Gasteiger partial charge >= 0.3 is 12.1 Å². The van der Waals surface area contributed by atoms with Crippen molar-refractivity contribution in [1.29, 1.82) is 0 Å². The van der Waals surface area contributed by atoms with Crippen LogP contribution in [0.2, 0.25) is 0 Å². The van der Waals surface area contributed by atoms with Gasteiger partial charge in [-0.1, -0.05) is 0 Å². The summed E-state index contributed by atoms with van der Waals surface area (Å²) < 4.78 is 9.92. The second-order valence-corrected chi connectivity index (χ2v) is 4.15. The molecule has 1 atom stereocenters. The van der Waals surface area contributed by atoms with E-state index in [1.807, 2.05) is 11.8 Å². The number of hydrogen-bond acceptors (Lipinski definition) is 5. The number of hydrogen-bond donors (Lipinski definition) is 0. The number of nitrogens with zero attached hydrogens (tertiary/aromatic N) is 2. The van der Waals surface area contributed by atoms with Gasteiger partial charge in [0.1, 0.15) is 6.04 Å². The van der Waals surface area contributed by atoms with Gasteiger partial charge in [0, 0.05) is 26.2 Å². The zero-order valence-corrected chi connectivity index (χ0v) is 11.3. The molecule has 0 radical (unpaired) electrons. The van der Waals surface area contributed by atoms with Gasteiger partial charge in [0.15, 0.2) is 0 Å². The molecule has 0 aromatic carbocycles. The van der Waals surface area contributed by atoms with E-state index in [-0.39, 0.29) is 18.1 Å². The topological polar surface area (TPSA) is 59.1 Å². The molecule has 0 saturated carbocycles. The van der Waals surface area contributed by atoms with Crippen molar-refractivity contribution >= 4 is 12.1 Å². The summed E-state index contributed by atoms with van der Waals surface area (Å²) in [4.78, 5) is 26.8. The maximum Gasteiger partial charge on any atom is 0.409 e. The Morgan fingerprint density at radius 2 is 1.61 bits per heavy atom. The van der Waals surface area contributed by atoms with Crippen molar-refractivity contribution in [1.82, 2.24) is 9.80 Å². The van der Waals surface area contributed by atoms with Crippen molar-refractivity contribution in [3.63, 3.8) is 0 Å². The van der Waals surface area contributed by atoms with Gasteiger partial charge in [-0.25, -0.2) is 4.79 Å². The third-order valence-electron chi connectivity index (χ3n) is 3.02. The molecule has 1 fully saturated rings. The van der Waals surface area contributed by atoms with Crippen LogP contribution in [0.4, 0.5) is 4.79 Å². The normalized spacial score (nSPS) is 18.3. The lowest BCUT2D eigenvalue weighted by Crippen LogP contribution is -2.53. The Bertz CT molecular complexity index is 288. The Morgan fingerprint density at radius 3 is 2.11 bits per heavy atom. The molecule has 104 valence electrons. The first-order valence-corrected chi connectivity index (χ1v) is 6.42. The van der Waals surface area contributed by atoms with Crippen molar-refractivity contribution in [2.24, 2.45) is 0 Å². The molecule has 0 aromatic heterocycles. The van der Waals surface area contributed by atoms with E-state index < -0.39 is 0 Å². The van der Waals surface area contributed by atoms with Crippen LogP contribution in [0.3, 0.4) is 0 Å². The van der Waals surface area contributed by atoms with Gasteiger partial charge in [0.25, 0.3) is 0 Å². The Labute approximate surface area is 108 Å². The Kier molecular flexibility index (Phi) is 5.91. The van der Waals surface area contributed by atoms with Gasteiger partial charge in [-0.2, -0.15) is 0 Å². The van der Waals surface area contributed by atoms with Crippen LogP contribution in [-0.2, 0) is 14.3 Å². The number of rotatable bonds is 4. The van der Waals surface area contributed by atoms with Crippen molar-refractivity contribution in [2.45, 2.75) is 26.8 Å². The number of piperazine rings is 1. The van der Waals surface area contributed by atoms with Crippen molar-refractivity contribution in [3.8, 4) is 0 Å². The molecule has 1 aliphatic rings. The standard InChI is InChI=1S/C12H22N2O4/c1-4-17-11(15)10(3)13-6-8-14(9-7-13)12(16)18-5-2/h10H,4-9H2,1-3H3/t10-/m1/s1. The Hall–Kier alpha value is -1.30. The van der Waals surface area contributed by atoms with E-state index in [2.05, 4.69) is 0 Å². The molecule has 0 unspecified atom stereocenters.